The highest BCUT2D eigenvalue weighted by atomic mass is 16.5. The van der Waals surface area contributed by atoms with Crippen LogP contribution in [-0.2, 0) is 27.4 Å². The number of hydrogen-bond donors (Lipinski definition) is 2. The number of rotatable bonds is 8. The van der Waals surface area contributed by atoms with Crippen molar-refractivity contribution in [3.8, 4) is 0 Å². The van der Waals surface area contributed by atoms with Crippen molar-refractivity contribution >= 4 is 29.3 Å². The summed E-state index contributed by atoms with van der Waals surface area (Å²) >= 11 is 0. The number of hydrogen-bond acceptors (Lipinski definition) is 4. The summed E-state index contributed by atoms with van der Waals surface area (Å²) in [6, 6.07) is 25.1. The van der Waals surface area contributed by atoms with Crippen LogP contribution in [0, 0.1) is 0 Å². The van der Waals surface area contributed by atoms with Gasteiger partial charge in [-0.1, -0.05) is 60.7 Å². The zero-order valence-electron chi connectivity index (χ0n) is 18.8. The fourth-order valence-corrected chi connectivity index (χ4v) is 3.84. The standard InChI is InChI=1S/C27H27N3O4/c31-25-12-7-17-30(25)23-15-13-22(14-16-23)28-26(32)24(18-20-8-3-1-4-9-20)29-27(33)34-19-21-10-5-2-6-11-21/h1-6,8-11,13-16,24H,7,12,17-19H2,(H,28,32)(H,29,33). The van der Waals surface area contributed by atoms with Crippen molar-refractivity contribution < 1.29 is 19.1 Å². The van der Waals surface area contributed by atoms with E-state index in [0.717, 1.165) is 23.2 Å². The second-order valence-corrected chi connectivity index (χ2v) is 8.13. The molecule has 3 aromatic carbocycles. The van der Waals surface area contributed by atoms with E-state index < -0.39 is 12.1 Å². The van der Waals surface area contributed by atoms with Crippen molar-refractivity contribution in [3.63, 3.8) is 0 Å². The van der Waals surface area contributed by atoms with E-state index in [4.69, 9.17) is 4.74 Å². The molecule has 34 heavy (non-hydrogen) atoms. The maximum Gasteiger partial charge on any atom is 0.408 e. The molecule has 0 bridgehead atoms. The zero-order valence-corrected chi connectivity index (χ0v) is 18.8. The number of alkyl carbamates (subject to hydrolysis) is 1. The van der Waals surface area contributed by atoms with Gasteiger partial charge in [0.2, 0.25) is 11.8 Å². The smallest absolute Gasteiger partial charge is 0.408 e. The molecular formula is C27H27N3O4. The summed E-state index contributed by atoms with van der Waals surface area (Å²) in [6.07, 6.45) is 1.06. The largest absolute Gasteiger partial charge is 0.445 e. The molecule has 1 unspecified atom stereocenters. The number of carbonyl (C=O) groups is 3. The fourth-order valence-electron chi connectivity index (χ4n) is 3.84. The van der Waals surface area contributed by atoms with Crippen LogP contribution in [0.3, 0.4) is 0 Å². The van der Waals surface area contributed by atoms with Gasteiger partial charge >= 0.3 is 6.09 Å². The number of ether oxygens (including phenoxy) is 1. The lowest BCUT2D eigenvalue weighted by Gasteiger charge is -2.19. The SMILES string of the molecule is O=C(NC(Cc1ccccc1)C(=O)Nc1ccc(N2CCCC2=O)cc1)OCc1ccccc1. The maximum atomic E-state index is 13.1. The summed E-state index contributed by atoms with van der Waals surface area (Å²) in [5.41, 5.74) is 3.16. The molecule has 1 aliphatic heterocycles. The molecule has 7 heteroatoms. The second-order valence-electron chi connectivity index (χ2n) is 8.13. The van der Waals surface area contributed by atoms with Gasteiger partial charge in [0.05, 0.1) is 0 Å². The Bertz CT molecular complexity index is 1120. The number of carbonyl (C=O) groups excluding carboxylic acids is 3. The molecule has 2 N–H and O–H groups in total. The van der Waals surface area contributed by atoms with Gasteiger partial charge in [-0.2, -0.15) is 0 Å². The first-order valence-electron chi connectivity index (χ1n) is 11.3. The Morgan fingerprint density at radius 1 is 0.882 bits per heavy atom. The van der Waals surface area contributed by atoms with Gasteiger partial charge in [0.1, 0.15) is 12.6 Å². The molecule has 174 valence electrons. The number of benzene rings is 3. The molecular weight excluding hydrogens is 430 g/mol. The average Bonchev–Trinajstić information content (AvgIpc) is 3.30. The van der Waals surface area contributed by atoms with Crippen LogP contribution < -0.4 is 15.5 Å². The van der Waals surface area contributed by atoms with E-state index >= 15 is 0 Å². The predicted molar refractivity (Wildman–Crippen MR) is 130 cm³/mol. The minimum absolute atomic E-state index is 0.109. The fraction of sp³-hybridized carbons (Fsp3) is 0.222. The maximum absolute atomic E-state index is 13.1. The van der Waals surface area contributed by atoms with Crippen molar-refractivity contribution in [1.82, 2.24) is 5.32 Å². The summed E-state index contributed by atoms with van der Waals surface area (Å²) in [6.45, 7) is 0.821. The molecule has 0 spiro atoms. The van der Waals surface area contributed by atoms with Crippen molar-refractivity contribution in [1.29, 1.82) is 0 Å². The molecule has 7 nitrogen and oxygen atoms in total. The van der Waals surface area contributed by atoms with Crippen molar-refractivity contribution in [2.24, 2.45) is 0 Å². The van der Waals surface area contributed by atoms with Crippen molar-refractivity contribution in [2.75, 3.05) is 16.8 Å². The Morgan fingerprint density at radius 2 is 1.53 bits per heavy atom. The lowest BCUT2D eigenvalue weighted by Crippen LogP contribution is -2.45. The van der Waals surface area contributed by atoms with Crippen LogP contribution in [0.4, 0.5) is 16.2 Å². The van der Waals surface area contributed by atoms with Gasteiger partial charge in [0.25, 0.3) is 0 Å². The topological polar surface area (TPSA) is 87.7 Å². The van der Waals surface area contributed by atoms with E-state index in [1.807, 2.05) is 72.8 Å². The average molecular weight is 458 g/mol. The van der Waals surface area contributed by atoms with Crippen LogP contribution in [0.15, 0.2) is 84.9 Å². The molecule has 0 aliphatic carbocycles. The minimum Gasteiger partial charge on any atom is -0.445 e. The lowest BCUT2D eigenvalue weighted by molar-refractivity contribution is -0.118. The molecule has 3 aromatic rings. The van der Waals surface area contributed by atoms with Crippen LogP contribution in [0.5, 0.6) is 0 Å². The van der Waals surface area contributed by atoms with Crippen LogP contribution in [0.2, 0.25) is 0 Å². The Hall–Kier alpha value is -4.13. The Balaban J connectivity index is 1.40. The van der Waals surface area contributed by atoms with E-state index in [0.29, 0.717) is 25.1 Å². The van der Waals surface area contributed by atoms with E-state index in [-0.39, 0.29) is 18.4 Å². The molecule has 0 radical (unpaired) electrons. The molecule has 1 aliphatic rings. The lowest BCUT2D eigenvalue weighted by atomic mass is 10.1. The molecule has 1 fully saturated rings. The molecule has 1 atom stereocenters. The number of nitrogens with one attached hydrogen (secondary N) is 2. The summed E-state index contributed by atoms with van der Waals surface area (Å²) in [4.78, 5) is 39.2. The first-order chi connectivity index (χ1) is 16.6. The van der Waals surface area contributed by atoms with Crippen molar-refractivity contribution in [2.45, 2.75) is 31.9 Å². The molecule has 0 saturated carbocycles. The van der Waals surface area contributed by atoms with Crippen LogP contribution in [-0.4, -0.2) is 30.5 Å². The minimum atomic E-state index is -0.828. The molecule has 1 saturated heterocycles. The number of amides is 3. The van der Waals surface area contributed by atoms with Gasteiger partial charge in [-0.3, -0.25) is 9.59 Å². The van der Waals surface area contributed by atoms with Gasteiger partial charge in [0.15, 0.2) is 0 Å². The molecule has 3 amide bonds. The Kier molecular flexibility index (Phi) is 7.55. The van der Waals surface area contributed by atoms with Gasteiger partial charge in [-0.15, -0.1) is 0 Å². The number of nitrogens with zero attached hydrogens (tertiary/aromatic N) is 1. The molecule has 0 aromatic heterocycles. The highest BCUT2D eigenvalue weighted by Gasteiger charge is 2.24. The molecule has 1 heterocycles. The van der Waals surface area contributed by atoms with E-state index in [1.54, 1.807) is 17.0 Å². The third-order valence-electron chi connectivity index (χ3n) is 5.62. The monoisotopic (exact) mass is 457 g/mol. The van der Waals surface area contributed by atoms with Gasteiger partial charge in [0, 0.05) is 30.8 Å². The predicted octanol–water partition coefficient (Wildman–Crippen LogP) is 4.29. The third kappa shape index (κ3) is 6.22. The first-order valence-corrected chi connectivity index (χ1v) is 11.3. The zero-order chi connectivity index (χ0) is 23.8. The molecule has 4 rings (SSSR count). The summed E-state index contributed by atoms with van der Waals surface area (Å²) in [7, 11) is 0. The first kappa shape index (κ1) is 23.0. The van der Waals surface area contributed by atoms with Crippen LogP contribution in [0.25, 0.3) is 0 Å². The summed E-state index contributed by atoms with van der Waals surface area (Å²) in [5, 5.41) is 5.55. The third-order valence-corrected chi connectivity index (χ3v) is 5.62. The Labute approximate surface area is 198 Å². The van der Waals surface area contributed by atoms with Gasteiger partial charge in [-0.05, 0) is 41.8 Å². The summed E-state index contributed by atoms with van der Waals surface area (Å²) in [5.74, 6) is -0.247. The van der Waals surface area contributed by atoms with E-state index in [2.05, 4.69) is 10.6 Å². The van der Waals surface area contributed by atoms with Gasteiger partial charge in [-0.25, -0.2) is 4.79 Å². The highest BCUT2D eigenvalue weighted by Crippen LogP contribution is 2.23. The van der Waals surface area contributed by atoms with Gasteiger partial charge < -0.3 is 20.3 Å². The normalized spacial score (nSPS) is 13.9. The van der Waals surface area contributed by atoms with Crippen LogP contribution >= 0.6 is 0 Å². The van der Waals surface area contributed by atoms with E-state index in [1.165, 1.54) is 0 Å². The van der Waals surface area contributed by atoms with E-state index in [9.17, 15) is 14.4 Å². The second kappa shape index (κ2) is 11.1. The highest BCUT2D eigenvalue weighted by molar-refractivity contribution is 5.98. The quantitative estimate of drug-likeness (QED) is 0.528. The van der Waals surface area contributed by atoms with Crippen LogP contribution in [0.1, 0.15) is 24.0 Å². The Morgan fingerprint density at radius 3 is 2.15 bits per heavy atom. The summed E-state index contributed by atoms with van der Waals surface area (Å²) < 4.78 is 5.31. The van der Waals surface area contributed by atoms with Crippen molar-refractivity contribution in [3.05, 3.63) is 96.1 Å². The number of anilines is 2.